The molecule has 1 aromatic carbocycles. The van der Waals surface area contributed by atoms with E-state index in [0.29, 0.717) is 0 Å². The molecule has 0 saturated heterocycles. The Hall–Kier alpha value is -1.08. The fourth-order valence-electron chi connectivity index (χ4n) is 2.09. The summed E-state index contributed by atoms with van der Waals surface area (Å²) in [6.07, 6.45) is 1.64. The van der Waals surface area contributed by atoms with Crippen LogP contribution < -0.4 is 5.69 Å². The second-order valence-electron chi connectivity index (χ2n) is 3.85. The third-order valence-electron chi connectivity index (χ3n) is 2.95. The van der Waals surface area contributed by atoms with E-state index in [1.807, 2.05) is 0 Å². The molecule has 0 aliphatic rings. The number of aromatic amines is 1. The molecule has 3 rings (SSSR count). The molecule has 0 spiro atoms. The van der Waals surface area contributed by atoms with Gasteiger partial charge in [-0.1, -0.05) is 0 Å². The van der Waals surface area contributed by atoms with Gasteiger partial charge in [0, 0.05) is 14.1 Å². The molecule has 1 N–H and O–H groups in total. The van der Waals surface area contributed by atoms with Gasteiger partial charge in [0.2, 0.25) is 0 Å². The van der Waals surface area contributed by atoms with E-state index in [1.165, 1.54) is 0 Å². The predicted molar refractivity (Wildman–Crippen MR) is 73.2 cm³/mol. The van der Waals surface area contributed by atoms with Crippen molar-refractivity contribution in [2.24, 2.45) is 14.1 Å². The van der Waals surface area contributed by atoms with Crippen molar-refractivity contribution in [1.82, 2.24) is 19.1 Å². The molecule has 0 amide bonds. The lowest BCUT2D eigenvalue weighted by molar-refractivity contribution is 0.794. The molecule has 88 valence electrons. The number of nitrogens with one attached hydrogen (secondary N) is 1. The number of aryl methyl sites for hydroxylation is 2. The van der Waals surface area contributed by atoms with Crippen LogP contribution in [-0.2, 0) is 14.1 Å². The van der Waals surface area contributed by atoms with E-state index in [4.69, 9.17) is 0 Å². The molecule has 17 heavy (non-hydrogen) atoms. The summed E-state index contributed by atoms with van der Waals surface area (Å²) in [5.41, 5.74) is 3.32. The number of fused-ring (bicyclic) bond motifs is 2. The van der Waals surface area contributed by atoms with Crippen LogP contribution in [0.2, 0.25) is 0 Å². The average molecular weight is 360 g/mol. The lowest BCUT2D eigenvalue weighted by Gasteiger charge is -2.03. The quantitative estimate of drug-likeness (QED) is 0.669. The second-order valence-corrected chi connectivity index (χ2v) is 5.44. The molecule has 2 heterocycles. The summed E-state index contributed by atoms with van der Waals surface area (Å²) in [6, 6.07) is 0. The van der Waals surface area contributed by atoms with Gasteiger partial charge in [0.25, 0.3) is 0 Å². The number of nitrogens with zero attached hydrogens (tertiary/aromatic N) is 3. The van der Waals surface area contributed by atoms with E-state index in [9.17, 15) is 4.79 Å². The van der Waals surface area contributed by atoms with Gasteiger partial charge >= 0.3 is 5.69 Å². The first-order chi connectivity index (χ1) is 8.04. The normalized spacial score (nSPS) is 11.8. The summed E-state index contributed by atoms with van der Waals surface area (Å²) in [5.74, 6) is 0. The van der Waals surface area contributed by atoms with E-state index in [0.717, 1.165) is 31.0 Å². The van der Waals surface area contributed by atoms with Crippen molar-refractivity contribution in [3.63, 3.8) is 0 Å². The molecule has 0 atom stereocenters. The fraction of sp³-hybridized carbons (Fsp3) is 0.200. The zero-order valence-electron chi connectivity index (χ0n) is 9.08. The van der Waals surface area contributed by atoms with Crippen molar-refractivity contribution in [2.75, 3.05) is 0 Å². The van der Waals surface area contributed by atoms with E-state index >= 15 is 0 Å². The maximum Gasteiger partial charge on any atom is 0.328 e. The molecular formula is C10H8Br2N4O. The summed E-state index contributed by atoms with van der Waals surface area (Å²) in [6.45, 7) is 0. The summed E-state index contributed by atoms with van der Waals surface area (Å²) in [7, 11) is 3.50. The Morgan fingerprint density at radius 3 is 2.41 bits per heavy atom. The van der Waals surface area contributed by atoms with Crippen LogP contribution in [0.5, 0.6) is 0 Å². The first kappa shape index (κ1) is 11.0. The molecule has 5 nitrogen and oxygen atoms in total. The van der Waals surface area contributed by atoms with Crippen LogP contribution in [0.25, 0.3) is 22.1 Å². The van der Waals surface area contributed by atoms with Crippen LogP contribution in [0.4, 0.5) is 0 Å². The molecule has 2 aromatic heterocycles. The number of rotatable bonds is 0. The van der Waals surface area contributed by atoms with Crippen molar-refractivity contribution in [3.05, 3.63) is 25.8 Å². The number of benzene rings is 1. The number of hydrogen-bond acceptors (Lipinski definition) is 2. The number of H-pyrrole nitrogens is 1. The summed E-state index contributed by atoms with van der Waals surface area (Å²) in [5, 5.41) is 0. The van der Waals surface area contributed by atoms with Crippen LogP contribution in [0.1, 0.15) is 0 Å². The number of halogens is 2. The molecule has 3 aromatic rings. The Morgan fingerprint density at radius 2 is 1.76 bits per heavy atom. The third-order valence-corrected chi connectivity index (χ3v) is 4.47. The minimum absolute atomic E-state index is 0.0611. The van der Waals surface area contributed by atoms with Crippen molar-refractivity contribution in [1.29, 1.82) is 0 Å². The Bertz CT molecular complexity index is 748. The highest BCUT2D eigenvalue weighted by Crippen LogP contribution is 2.36. The van der Waals surface area contributed by atoms with Crippen molar-refractivity contribution < 1.29 is 0 Å². The molecule has 0 fully saturated rings. The minimum atomic E-state index is -0.0611. The van der Waals surface area contributed by atoms with Gasteiger partial charge in [-0.3, -0.25) is 9.13 Å². The molecule has 0 aliphatic heterocycles. The fourth-order valence-corrected chi connectivity index (χ4v) is 3.61. The molecule has 0 saturated carbocycles. The molecule has 0 unspecified atom stereocenters. The predicted octanol–water partition coefficient (Wildman–Crippen LogP) is 2.28. The number of aromatic nitrogens is 4. The average Bonchev–Trinajstić information content (AvgIpc) is 2.86. The lowest BCUT2D eigenvalue weighted by atomic mass is 10.2. The van der Waals surface area contributed by atoms with Gasteiger partial charge in [-0.2, -0.15) is 0 Å². The first-order valence-electron chi connectivity index (χ1n) is 4.89. The van der Waals surface area contributed by atoms with E-state index in [-0.39, 0.29) is 5.69 Å². The van der Waals surface area contributed by atoms with Crippen LogP contribution in [0.3, 0.4) is 0 Å². The van der Waals surface area contributed by atoms with Gasteiger partial charge in [-0.25, -0.2) is 9.78 Å². The van der Waals surface area contributed by atoms with E-state index in [1.54, 1.807) is 29.6 Å². The molecule has 0 bridgehead atoms. The zero-order valence-corrected chi connectivity index (χ0v) is 12.3. The first-order valence-corrected chi connectivity index (χ1v) is 6.48. The minimum Gasteiger partial charge on any atom is -0.344 e. The van der Waals surface area contributed by atoms with Gasteiger partial charge in [0.15, 0.2) is 0 Å². The molecular weight excluding hydrogens is 352 g/mol. The number of hydrogen-bond donors (Lipinski definition) is 1. The molecule has 0 aliphatic carbocycles. The Labute approximate surface area is 113 Å². The highest BCUT2D eigenvalue weighted by molar-refractivity contribution is 9.11. The Kier molecular flexibility index (Phi) is 2.24. The van der Waals surface area contributed by atoms with Crippen LogP contribution in [0.15, 0.2) is 20.1 Å². The smallest absolute Gasteiger partial charge is 0.328 e. The Morgan fingerprint density at radius 1 is 1.18 bits per heavy atom. The van der Waals surface area contributed by atoms with Crippen LogP contribution in [0, 0.1) is 0 Å². The number of imidazole rings is 2. The van der Waals surface area contributed by atoms with Crippen LogP contribution in [-0.4, -0.2) is 19.1 Å². The van der Waals surface area contributed by atoms with Crippen LogP contribution >= 0.6 is 31.9 Å². The highest BCUT2D eigenvalue weighted by atomic mass is 79.9. The standard InChI is InChI=1S/C10H8Br2N4O/c1-15-8-4(11)6-7(14-3-13-6)5(12)9(8)16(2)10(15)17/h3H,1-2H3,(H,13,14). The van der Waals surface area contributed by atoms with Gasteiger partial charge in [-0.05, 0) is 31.9 Å². The monoisotopic (exact) mass is 358 g/mol. The maximum atomic E-state index is 11.9. The third kappa shape index (κ3) is 1.23. The molecule has 0 radical (unpaired) electrons. The zero-order chi connectivity index (χ0) is 12.3. The van der Waals surface area contributed by atoms with Crippen molar-refractivity contribution in [3.8, 4) is 0 Å². The van der Waals surface area contributed by atoms with Gasteiger partial charge in [-0.15, -0.1) is 0 Å². The summed E-state index contributed by atoms with van der Waals surface area (Å²) < 4.78 is 4.90. The SMILES string of the molecule is Cn1c(=O)n(C)c2c(Br)c3[nH]cnc3c(Br)c21. The maximum absolute atomic E-state index is 11.9. The largest absolute Gasteiger partial charge is 0.344 e. The Balaban J connectivity index is 2.78. The summed E-state index contributed by atoms with van der Waals surface area (Å²) in [4.78, 5) is 19.3. The second kappa shape index (κ2) is 3.46. The van der Waals surface area contributed by atoms with E-state index in [2.05, 4.69) is 41.8 Å². The van der Waals surface area contributed by atoms with E-state index < -0.39 is 0 Å². The van der Waals surface area contributed by atoms with Crippen molar-refractivity contribution >= 4 is 53.9 Å². The summed E-state index contributed by atoms with van der Waals surface area (Å²) >= 11 is 7.05. The topological polar surface area (TPSA) is 55.6 Å². The van der Waals surface area contributed by atoms with Gasteiger partial charge < -0.3 is 4.98 Å². The lowest BCUT2D eigenvalue weighted by Crippen LogP contribution is -2.19. The highest BCUT2D eigenvalue weighted by Gasteiger charge is 2.19. The molecule has 7 heteroatoms. The van der Waals surface area contributed by atoms with Gasteiger partial charge in [0.1, 0.15) is 5.52 Å². The van der Waals surface area contributed by atoms with Gasteiger partial charge in [0.05, 0.1) is 31.8 Å². The van der Waals surface area contributed by atoms with Crippen molar-refractivity contribution in [2.45, 2.75) is 0 Å².